The highest BCUT2D eigenvalue weighted by atomic mass is 32.2. The van der Waals surface area contributed by atoms with Gasteiger partial charge in [-0.05, 0) is 37.8 Å². The van der Waals surface area contributed by atoms with Crippen molar-refractivity contribution in [3.05, 3.63) is 47.5 Å². The van der Waals surface area contributed by atoms with E-state index in [1.54, 1.807) is 33.1 Å². The van der Waals surface area contributed by atoms with Gasteiger partial charge in [0.15, 0.2) is 0 Å². The smallest absolute Gasteiger partial charge is 0.408 e. The summed E-state index contributed by atoms with van der Waals surface area (Å²) < 4.78 is 15.4. The van der Waals surface area contributed by atoms with Gasteiger partial charge in [-0.1, -0.05) is 56.9 Å². The molecular formula is C27H43N3O7SSi. The van der Waals surface area contributed by atoms with Crippen LogP contribution in [0.25, 0.3) is 0 Å². The molecule has 3 N–H and O–H groups in total. The summed E-state index contributed by atoms with van der Waals surface area (Å²) in [7, 11) is -0.129. The molecular weight excluding hydrogens is 538 g/mol. The number of amides is 3. The number of esters is 1. The molecule has 1 rings (SSSR count). The lowest BCUT2D eigenvalue weighted by Gasteiger charge is -2.23. The lowest BCUT2D eigenvalue weighted by atomic mass is 10.1. The molecule has 10 nitrogen and oxygen atoms in total. The van der Waals surface area contributed by atoms with Gasteiger partial charge in [-0.25, -0.2) is 14.4 Å². The number of ether oxygens (including phenoxy) is 3. The van der Waals surface area contributed by atoms with Gasteiger partial charge in [-0.3, -0.25) is 4.79 Å². The van der Waals surface area contributed by atoms with Crippen molar-refractivity contribution in [1.29, 1.82) is 0 Å². The predicted octanol–water partition coefficient (Wildman–Crippen LogP) is 4.44. The lowest BCUT2D eigenvalue weighted by molar-refractivity contribution is -0.142. The number of carbonyl (C=O) groups excluding carboxylic acids is 4. The Morgan fingerprint density at radius 2 is 1.67 bits per heavy atom. The second-order valence-electron chi connectivity index (χ2n) is 11.1. The second-order valence-corrected chi connectivity index (χ2v) is 18.0. The van der Waals surface area contributed by atoms with Crippen LogP contribution in [0.5, 0.6) is 0 Å². The van der Waals surface area contributed by atoms with E-state index in [9.17, 15) is 19.2 Å². The summed E-state index contributed by atoms with van der Waals surface area (Å²) >= 11 is 1.21. The van der Waals surface area contributed by atoms with Crippen LogP contribution in [0.4, 0.5) is 9.59 Å². The standard InChI is InChI=1S/C27H43N3O7SSi/c1-19(22(24(32)35-5)30-25(33)36-15-17-39(6,7)8)38-16-14-28-23(31)21(18-20-12-10-9-11-13-20)29-26(34)37-27(2,3)4/h9-14,16,19,21-22H,15,17-18H2,1-8H3,(H,28,31)(H,29,34)(H,30,33)/b16-14+/t19-,21-,22+/m0/s1. The molecule has 0 bridgehead atoms. The number of methoxy groups -OCH3 is 1. The molecule has 0 heterocycles. The minimum atomic E-state index is -1.37. The van der Waals surface area contributed by atoms with Gasteiger partial charge >= 0.3 is 18.2 Å². The molecule has 0 radical (unpaired) electrons. The van der Waals surface area contributed by atoms with Crippen LogP contribution >= 0.6 is 11.8 Å². The molecule has 0 unspecified atom stereocenters. The minimum Gasteiger partial charge on any atom is -0.467 e. The molecule has 0 aliphatic rings. The maximum Gasteiger partial charge on any atom is 0.408 e. The Morgan fingerprint density at radius 1 is 1.03 bits per heavy atom. The highest BCUT2D eigenvalue weighted by Gasteiger charge is 2.29. The summed E-state index contributed by atoms with van der Waals surface area (Å²) in [5.41, 5.74) is 0.152. The summed E-state index contributed by atoms with van der Waals surface area (Å²) in [5, 5.41) is 9.00. The molecule has 0 spiro atoms. The number of rotatable bonds is 13. The van der Waals surface area contributed by atoms with Crippen molar-refractivity contribution in [3.8, 4) is 0 Å². The van der Waals surface area contributed by atoms with Crippen LogP contribution in [0, 0.1) is 0 Å². The predicted molar refractivity (Wildman–Crippen MR) is 156 cm³/mol. The Hall–Kier alpha value is -2.99. The van der Waals surface area contributed by atoms with Crippen LogP contribution in [0.3, 0.4) is 0 Å². The van der Waals surface area contributed by atoms with Gasteiger partial charge in [-0.2, -0.15) is 0 Å². The molecule has 1 aromatic carbocycles. The van der Waals surface area contributed by atoms with Gasteiger partial charge in [-0.15, -0.1) is 11.8 Å². The van der Waals surface area contributed by atoms with Crippen molar-refractivity contribution in [3.63, 3.8) is 0 Å². The molecule has 0 saturated heterocycles. The third-order valence-corrected chi connectivity index (χ3v) is 7.86. The average Bonchev–Trinajstić information content (AvgIpc) is 2.82. The van der Waals surface area contributed by atoms with Crippen LogP contribution in [0.1, 0.15) is 33.3 Å². The number of hydrogen-bond acceptors (Lipinski definition) is 8. The van der Waals surface area contributed by atoms with E-state index in [0.717, 1.165) is 11.6 Å². The summed E-state index contributed by atoms with van der Waals surface area (Å²) in [4.78, 5) is 49.8. The van der Waals surface area contributed by atoms with E-state index in [0.29, 0.717) is 0 Å². The Kier molecular flexibility index (Phi) is 14.1. The van der Waals surface area contributed by atoms with E-state index in [2.05, 4.69) is 35.6 Å². The van der Waals surface area contributed by atoms with Gasteiger partial charge in [0.05, 0.1) is 13.7 Å². The van der Waals surface area contributed by atoms with E-state index in [1.807, 2.05) is 30.3 Å². The van der Waals surface area contributed by atoms with E-state index >= 15 is 0 Å². The lowest BCUT2D eigenvalue weighted by Crippen LogP contribution is -2.48. The molecule has 0 saturated carbocycles. The monoisotopic (exact) mass is 581 g/mol. The van der Waals surface area contributed by atoms with Crippen LogP contribution in [-0.4, -0.2) is 68.8 Å². The van der Waals surface area contributed by atoms with Crippen LogP contribution in [0.15, 0.2) is 41.9 Å². The average molecular weight is 582 g/mol. The van der Waals surface area contributed by atoms with Crippen molar-refractivity contribution < 1.29 is 33.4 Å². The van der Waals surface area contributed by atoms with Gasteiger partial charge in [0.2, 0.25) is 5.91 Å². The first-order valence-corrected chi connectivity index (χ1v) is 17.4. The highest BCUT2D eigenvalue weighted by Crippen LogP contribution is 2.17. The molecule has 0 aromatic heterocycles. The number of hydrogen-bond donors (Lipinski definition) is 3. The third-order valence-electron chi connectivity index (χ3n) is 5.16. The zero-order chi connectivity index (χ0) is 29.6. The molecule has 218 valence electrons. The Morgan fingerprint density at radius 3 is 2.23 bits per heavy atom. The van der Waals surface area contributed by atoms with Crippen molar-refractivity contribution in [2.24, 2.45) is 0 Å². The Bertz CT molecular complexity index is 978. The molecule has 0 aliphatic carbocycles. The van der Waals surface area contributed by atoms with Crippen molar-refractivity contribution >= 4 is 43.9 Å². The van der Waals surface area contributed by atoms with Crippen molar-refractivity contribution in [2.75, 3.05) is 13.7 Å². The topological polar surface area (TPSA) is 132 Å². The van der Waals surface area contributed by atoms with Crippen LogP contribution in [0.2, 0.25) is 25.7 Å². The second kappa shape index (κ2) is 16.2. The largest absolute Gasteiger partial charge is 0.467 e. The fourth-order valence-electron chi connectivity index (χ4n) is 3.08. The minimum absolute atomic E-state index is 0.261. The van der Waals surface area contributed by atoms with Gasteiger partial charge < -0.3 is 30.2 Å². The van der Waals surface area contributed by atoms with Gasteiger partial charge in [0, 0.05) is 25.9 Å². The fourth-order valence-corrected chi connectivity index (χ4v) is 4.53. The SMILES string of the molecule is COC(=O)[C@H](NC(=O)OCC[Si](C)(C)C)[C@H](C)S/C=C/NC(=O)[C@H](Cc1ccccc1)NC(=O)OC(C)(C)C. The number of thioether (sulfide) groups is 1. The summed E-state index contributed by atoms with van der Waals surface area (Å²) in [6.45, 7) is 13.8. The molecule has 3 amide bonds. The van der Waals surface area contributed by atoms with Gasteiger partial charge in [0.25, 0.3) is 0 Å². The zero-order valence-electron chi connectivity index (χ0n) is 24.2. The van der Waals surface area contributed by atoms with Crippen LogP contribution in [-0.2, 0) is 30.2 Å². The molecule has 12 heteroatoms. The zero-order valence-corrected chi connectivity index (χ0v) is 26.0. The van der Waals surface area contributed by atoms with E-state index in [4.69, 9.17) is 14.2 Å². The third kappa shape index (κ3) is 15.3. The first-order chi connectivity index (χ1) is 18.1. The maximum absolute atomic E-state index is 12.9. The summed E-state index contributed by atoms with van der Waals surface area (Å²) in [6.07, 6.45) is 0.288. The molecule has 3 atom stereocenters. The van der Waals surface area contributed by atoms with Crippen molar-refractivity contribution in [1.82, 2.24) is 16.0 Å². The van der Waals surface area contributed by atoms with E-state index < -0.39 is 55.1 Å². The highest BCUT2D eigenvalue weighted by molar-refractivity contribution is 8.02. The fraction of sp³-hybridized carbons (Fsp3) is 0.556. The number of benzene rings is 1. The summed E-state index contributed by atoms with van der Waals surface area (Å²) in [6, 6.07) is 8.26. The summed E-state index contributed by atoms with van der Waals surface area (Å²) in [5.74, 6) is -1.05. The van der Waals surface area contributed by atoms with E-state index in [1.165, 1.54) is 25.1 Å². The molecule has 1 aromatic rings. The maximum atomic E-state index is 12.9. The normalized spacial score (nSPS) is 14.1. The first kappa shape index (κ1) is 34.0. The van der Waals surface area contributed by atoms with Crippen LogP contribution < -0.4 is 16.0 Å². The number of alkyl carbamates (subject to hydrolysis) is 2. The Labute approximate surface area is 237 Å². The van der Waals surface area contributed by atoms with Gasteiger partial charge in [0.1, 0.15) is 17.7 Å². The number of carbonyl (C=O) groups is 4. The van der Waals surface area contributed by atoms with Crippen molar-refractivity contribution in [2.45, 2.75) is 82.7 Å². The molecule has 39 heavy (non-hydrogen) atoms. The molecule has 0 fully saturated rings. The first-order valence-electron chi connectivity index (χ1n) is 12.8. The molecule has 0 aliphatic heterocycles. The number of nitrogens with one attached hydrogen (secondary N) is 3. The Balaban J connectivity index is 2.76. The van der Waals surface area contributed by atoms with E-state index in [-0.39, 0.29) is 13.0 Å². The quantitative estimate of drug-likeness (QED) is 0.177.